The van der Waals surface area contributed by atoms with Crippen molar-refractivity contribution in [3.05, 3.63) is 0 Å². The smallest absolute Gasteiger partial charge is 0.328 e. The molecule has 0 aromatic carbocycles. The molecule has 1 atom stereocenters. The van der Waals surface area contributed by atoms with E-state index in [1.165, 1.54) is 0 Å². The van der Waals surface area contributed by atoms with Crippen molar-refractivity contribution >= 4 is 8.80 Å². The quantitative estimate of drug-likeness (QED) is 0.265. The fourth-order valence-electron chi connectivity index (χ4n) is 0.556. The van der Waals surface area contributed by atoms with Crippen LogP contribution in [-0.4, -0.2) is 30.6 Å². The molecule has 0 aromatic rings. The van der Waals surface area contributed by atoms with Crippen LogP contribution in [-0.2, 0) is 13.7 Å². The third-order valence-corrected chi connectivity index (χ3v) is 2.97. The van der Waals surface area contributed by atoms with Gasteiger partial charge in [0.1, 0.15) is 0 Å². The van der Waals surface area contributed by atoms with Gasteiger partial charge in [0, 0.05) is 12.1 Å². The second kappa shape index (κ2) is 4.74. The van der Waals surface area contributed by atoms with E-state index in [9.17, 15) is 0 Å². The zero-order valence-electron chi connectivity index (χ0n) is 5.93. The van der Waals surface area contributed by atoms with E-state index in [1.807, 2.05) is 0 Å². The lowest BCUT2D eigenvalue weighted by Crippen LogP contribution is -2.47. The van der Waals surface area contributed by atoms with E-state index in [4.69, 9.17) is 21.5 Å². The van der Waals surface area contributed by atoms with Crippen LogP contribution >= 0.6 is 0 Å². The van der Waals surface area contributed by atoms with E-state index in [0.29, 0.717) is 0 Å². The lowest BCUT2D eigenvalue weighted by atomic mass is 10.4. The Morgan fingerprint density at radius 3 is 1.73 bits per heavy atom. The van der Waals surface area contributed by atoms with Crippen molar-refractivity contribution in [2.75, 3.05) is 0 Å². The van der Waals surface area contributed by atoms with Crippen LogP contribution < -0.4 is 5.73 Å². The van der Waals surface area contributed by atoms with Gasteiger partial charge in [-0.15, -0.1) is 0 Å². The third-order valence-electron chi connectivity index (χ3n) is 0.989. The Balaban J connectivity index is 4.05. The van der Waals surface area contributed by atoms with Gasteiger partial charge in [0.15, 0.2) is 0 Å². The molecule has 0 aliphatic rings. The summed E-state index contributed by atoms with van der Waals surface area (Å²) in [5.74, 6) is 0. The average Bonchev–Trinajstić information content (AvgIpc) is 2.00. The van der Waals surface area contributed by atoms with Crippen molar-refractivity contribution < 1.29 is 29.5 Å². The highest BCUT2D eigenvalue weighted by Gasteiger charge is 2.45. The predicted molar refractivity (Wildman–Crippen MR) is 35.4 cm³/mol. The van der Waals surface area contributed by atoms with Crippen LogP contribution in [0.2, 0.25) is 6.04 Å². The molecule has 0 spiro atoms. The molecule has 0 amide bonds. The van der Waals surface area contributed by atoms with E-state index in [2.05, 4.69) is 13.7 Å². The highest BCUT2D eigenvalue weighted by molar-refractivity contribution is 6.59. The average molecular weight is 185 g/mol. The summed E-state index contributed by atoms with van der Waals surface area (Å²) in [5.41, 5.74) is 5.27. The van der Waals surface area contributed by atoms with Crippen LogP contribution in [0.15, 0.2) is 0 Å². The first-order chi connectivity index (χ1) is 5.10. The van der Waals surface area contributed by atoms with Crippen LogP contribution in [0.4, 0.5) is 0 Å². The van der Waals surface area contributed by atoms with Gasteiger partial charge in [0.2, 0.25) is 0 Å². The minimum atomic E-state index is -3.74. The lowest BCUT2D eigenvalue weighted by Gasteiger charge is -2.19. The van der Waals surface area contributed by atoms with Gasteiger partial charge >= 0.3 is 8.80 Å². The molecule has 11 heavy (non-hydrogen) atoms. The molecule has 0 saturated heterocycles. The molecule has 0 radical (unpaired) electrons. The second-order valence-electron chi connectivity index (χ2n) is 2.14. The van der Waals surface area contributed by atoms with Crippen molar-refractivity contribution in [1.82, 2.24) is 0 Å². The molecule has 0 saturated carbocycles. The molecular weight excluding hydrogens is 174 g/mol. The Labute approximate surface area is 64.1 Å². The van der Waals surface area contributed by atoms with Gasteiger partial charge in [0.05, 0.1) is 0 Å². The molecule has 0 fully saturated rings. The summed E-state index contributed by atoms with van der Waals surface area (Å²) in [7, 11) is -3.74. The Morgan fingerprint density at radius 2 is 1.64 bits per heavy atom. The first kappa shape index (κ1) is 10.9. The van der Waals surface area contributed by atoms with Crippen LogP contribution in [0.5, 0.6) is 0 Å². The van der Waals surface area contributed by atoms with Gasteiger partial charge < -0.3 is 5.73 Å². The van der Waals surface area contributed by atoms with E-state index in [0.717, 1.165) is 0 Å². The summed E-state index contributed by atoms with van der Waals surface area (Å²) in [5, 5.41) is 24.5. The molecule has 5 N–H and O–H groups in total. The van der Waals surface area contributed by atoms with E-state index in [-0.39, 0.29) is 6.04 Å². The first-order valence-electron chi connectivity index (χ1n) is 2.83. The maximum absolute atomic E-state index is 8.16. The molecule has 7 nitrogen and oxygen atoms in total. The molecule has 0 aliphatic carbocycles. The zero-order chi connectivity index (χ0) is 8.91. The molecule has 0 aromatic heterocycles. The fraction of sp³-hybridized carbons (Fsp3) is 1.00. The SMILES string of the molecule is CC(N)C[Si](OO)(OO)OO. The van der Waals surface area contributed by atoms with Crippen molar-refractivity contribution in [1.29, 1.82) is 0 Å². The van der Waals surface area contributed by atoms with Crippen molar-refractivity contribution in [3.63, 3.8) is 0 Å². The lowest BCUT2D eigenvalue weighted by molar-refractivity contribution is -0.318. The van der Waals surface area contributed by atoms with Gasteiger partial charge in [-0.25, -0.2) is 13.7 Å². The van der Waals surface area contributed by atoms with Crippen molar-refractivity contribution in [2.45, 2.75) is 19.0 Å². The monoisotopic (exact) mass is 185 g/mol. The van der Waals surface area contributed by atoms with E-state index in [1.54, 1.807) is 6.92 Å². The van der Waals surface area contributed by atoms with Gasteiger partial charge in [-0.1, -0.05) is 0 Å². The molecule has 8 heteroatoms. The molecule has 1 unspecified atom stereocenters. The van der Waals surface area contributed by atoms with Gasteiger partial charge in [-0.2, -0.15) is 0 Å². The summed E-state index contributed by atoms with van der Waals surface area (Å²) >= 11 is 0. The van der Waals surface area contributed by atoms with E-state index < -0.39 is 14.8 Å². The minimum absolute atomic E-state index is 0.101. The Hall–Kier alpha value is -0.0631. The summed E-state index contributed by atoms with van der Waals surface area (Å²) < 4.78 is 11.0. The summed E-state index contributed by atoms with van der Waals surface area (Å²) in [6, 6.07) is -0.538. The van der Waals surface area contributed by atoms with Crippen LogP contribution in [0.25, 0.3) is 0 Å². The minimum Gasteiger partial charge on any atom is -0.328 e. The summed E-state index contributed by atoms with van der Waals surface area (Å²) in [6.07, 6.45) is 0. The summed E-state index contributed by atoms with van der Waals surface area (Å²) in [6.45, 7) is 1.57. The number of nitrogens with two attached hydrogens (primary N) is 1. The normalized spacial score (nSPS) is 15.0. The van der Waals surface area contributed by atoms with Crippen LogP contribution in [0.1, 0.15) is 6.92 Å². The molecule has 0 rings (SSSR count). The maximum Gasteiger partial charge on any atom is 0.585 e. The number of rotatable bonds is 5. The molecule has 68 valence electrons. The van der Waals surface area contributed by atoms with Crippen molar-refractivity contribution in [3.8, 4) is 0 Å². The van der Waals surface area contributed by atoms with E-state index >= 15 is 0 Å². The Bertz CT molecular complexity index is 97.7. The second-order valence-corrected chi connectivity index (χ2v) is 4.46. The van der Waals surface area contributed by atoms with Crippen LogP contribution in [0.3, 0.4) is 0 Å². The van der Waals surface area contributed by atoms with Crippen molar-refractivity contribution in [2.24, 2.45) is 5.73 Å². The first-order valence-corrected chi connectivity index (χ1v) is 4.76. The standard InChI is InChI=1S/C3H11NO6Si/c1-3(4)2-11(8-5,9-6)10-7/h3,5-7H,2,4H2,1H3. The topological polar surface area (TPSA) is 114 Å². The third kappa shape index (κ3) is 3.22. The zero-order valence-corrected chi connectivity index (χ0v) is 6.93. The molecular formula is C3H11NO6Si. The molecule has 0 aliphatic heterocycles. The Morgan fingerprint density at radius 1 is 1.27 bits per heavy atom. The fourth-order valence-corrected chi connectivity index (χ4v) is 1.67. The highest BCUT2D eigenvalue weighted by Crippen LogP contribution is 2.12. The van der Waals surface area contributed by atoms with Gasteiger partial charge in [-0.05, 0) is 6.92 Å². The number of hydrogen-bond donors (Lipinski definition) is 4. The van der Waals surface area contributed by atoms with Gasteiger partial charge in [-0.3, -0.25) is 15.8 Å². The largest absolute Gasteiger partial charge is 0.585 e. The number of hydrogen-bond acceptors (Lipinski definition) is 7. The maximum atomic E-state index is 8.16. The molecule has 0 bridgehead atoms. The Kier molecular flexibility index (Phi) is 4.71. The van der Waals surface area contributed by atoms with Gasteiger partial charge in [0.25, 0.3) is 0 Å². The summed E-state index contributed by atoms with van der Waals surface area (Å²) in [4.78, 5) is 0. The van der Waals surface area contributed by atoms with Crippen LogP contribution in [0, 0.1) is 0 Å². The predicted octanol–water partition coefficient (Wildman–Crippen LogP) is -0.259. The molecule has 0 heterocycles. The highest BCUT2D eigenvalue weighted by atomic mass is 28.4.